The summed E-state index contributed by atoms with van der Waals surface area (Å²) in [5.74, 6) is 1.55. The Labute approximate surface area is 140 Å². The standard InChI is InChI=1S/C18H31N2O2P/c1-13(2)17-11-6-14(3)12-18(17)22-23(19,21)16-9-7-15(8-10-16)20(4)5/h7-10,13-14,17-18H,6,11-12H2,1-5H3,(H2,19,21)/t14-,17+,18+,23-/m0/s1. The molecule has 0 aromatic heterocycles. The first kappa shape index (κ1) is 18.5. The lowest BCUT2D eigenvalue weighted by Crippen LogP contribution is -2.35. The minimum Gasteiger partial charge on any atom is -0.378 e. The molecule has 0 aliphatic heterocycles. The molecule has 0 unspecified atom stereocenters. The van der Waals surface area contributed by atoms with E-state index >= 15 is 0 Å². The smallest absolute Gasteiger partial charge is 0.297 e. The van der Waals surface area contributed by atoms with E-state index in [4.69, 9.17) is 10.0 Å². The summed E-state index contributed by atoms with van der Waals surface area (Å²) in [4.78, 5) is 2.00. The molecule has 1 aliphatic rings. The Balaban J connectivity index is 2.16. The van der Waals surface area contributed by atoms with Gasteiger partial charge in [0.25, 0.3) is 7.52 Å². The van der Waals surface area contributed by atoms with E-state index in [0.717, 1.165) is 18.5 Å². The first-order chi connectivity index (χ1) is 10.7. The van der Waals surface area contributed by atoms with Crippen LogP contribution in [0.4, 0.5) is 5.69 Å². The van der Waals surface area contributed by atoms with Gasteiger partial charge in [-0.2, -0.15) is 0 Å². The van der Waals surface area contributed by atoms with Crippen LogP contribution in [-0.4, -0.2) is 20.2 Å². The van der Waals surface area contributed by atoms with Crippen LogP contribution >= 0.6 is 7.52 Å². The van der Waals surface area contributed by atoms with E-state index in [-0.39, 0.29) is 6.10 Å². The van der Waals surface area contributed by atoms with Crippen molar-refractivity contribution in [1.29, 1.82) is 0 Å². The minimum atomic E-state index is -3.29. The third-order valence-electron chi connectivity index (χ3n) is 4.98. The number of hydrogen-bond donors (Lipinski definition) is 1. The van der Waals surface area contributed by atoms with Crippen LogP contribution in [0.15, 0.2) is 24.3 Å². The maximum Gasteiger partial charge on any atom is 0.297 e. The van der Waals surface area contributed by atoms with Gasteiger partial charge in [-0.15, -0.1) is 0 Å². The normalized spacial score (nSPS) is 27.7. The highest BCUT2D eigenvalue weighted by Crippen LogP contribution is 2.45. The topological polar surface area (TPSA) is 55.6 Å². The largest absolute Gasteiger partial charge is 0.378 e. The molecule has 1 saturated carbocycles. The van der Waals surface area contributed by atoms with Gasteiger partial charge in [0.1, 0.15) is 0 Å². The lowest BCUT2D eigenvalue weighted by Gasteiger charge is -2.38. The lowest BCUT2D eigenvalue weighted by atomic mass is 9.75. The second-order valence-electron chi connectivity index (χ2n) is 7.48. The Morgan fingerprint density at radius 1 is 1.22 bits per heavy atom. The van der Waals surface area contributed by atoms with Crippen LogP contribution in [0.1, 0.15) is 40.0 Å². The predicted octanol–water partition coefficient (Wildman–Crippen LogP) is 4.01. The molecule has 0 bridgehead atoms. The molecule has 0 saturated heterocycles. The summed E-state index contributed by atoms with van der Waals surface area (Å²) in [7, 11) is 0.667. The van der Waals surface area contributed by atoms with Crippen molar-refractivity contribution in [2.24, 2.45) is 23.3 Å². The van der Waals surface area contributed by atoms with E-state index in [1.165, 1.54) is 6.42 Å². The fourth-order valence-electron chi connectivity index (χ4n) is 3.46. The predicted molar refractivity (Wildman–Crippen MR) is 98.4 cm³/mol. The molecule has 5 heteroatoms. The Hall–Kier alpha value is -0.830. The van der Waals surface area contributed by atoms with Gasteiger partial charge in [-0.25, -0.2) is 0 Å². The van der Waals surface area contributed by atoms with Crippen LogP contribution in [-0.2, 0) is 9.09 Å². The highest BCUT2D eigenvalue weighted by atomic mass is 31.2. The van der Waals surface area contributed by atoms with Gasteiger partial charge in [0.2, 0.25) is 0 Å². The average Bonchev–Trinajstić information content (AvgIpc) is 2.46. The number of nitrogens with two attached hydrogens (primary N) is 1. The third-order valence-corrected chi connectivity index (χ3v) is 6.58. The molecule has 1 fully saturated rings. The van der Waals surface area contributed by atoms with Gasteiger partial charge in [0.05, 0.1) is 11.4 Å². The fourth-order valence-corrected chi connectivity index (χ4v) is 4.79. The molecule has 4 atom stereocenters. The summed E-state index contributed by atoms with van der Waals surface area (Å²) in [6.45, 7) is 6.66. The van der Waals surface area contributed by atoms with Crippen molar-refractivity contribution in [3.05, 3.63) is 24.3 Å². The maximum absolute atomic E-state index is 13.0. The van der Waals surface area contributed by atoms with Crippen LogP contribution in [0.25, 0.3) is 0 Å². The average molecular weight is 338 g/mol. The second-order valence-corrected chi connectivity index (χ2v) is 9.40. The molecule has 4 nitrogen and oxygen atoms in total. The zero-order chi connectivity index (χ0) is 17.2. The SMILES string of the molecule is CC(C)[C@H]1CC[C@H](C)C[C@H]1O[P@@](N)(=O)c1ccc(N(C)C)cc1. The van der Waals surface area contributed by atoms with Crippen molar-refractivity contribution in [1.82, 2.24) is 0 Å². The van der Waals surface area contributed by atoms with Gasteiger partial charge in [-0.3, -0.25) is 10.1 Å². The molecule has 1 aromatic carbocycles. The number of rotatable bonds is 5. The summed E-state index contributed by atoms with van der Waals surface area (Å²) in [5, 5.41) is 0.601. The van der Waals surface area contributed by atoms with Gasteiger partial charge in [-0.1, -0.05) is 27.2 Å². The monoisotopic (exact) mass is 338 g/mol. The molecule has 0 spiro atoms. The molecule has 1 aliphatic carbocycles. The van der Waals surface area contributed by atoms with Crippen molar-refractivity contribution in [2.75, 3.05) is 19.0 Å². The number of anilines is 1. The Morgan fingerprint density at radius 3 is 2.35 bits per heavy atom. The van der Waals surface area contributed by atoms with Crippen molar-refractivity contribution in [2.45, 2.75) is 46.1 Å². The Morgan fingerprint density at radius 2 is 1.83 bits per heavy atom. The van der Waals surface area contributed by atoms with Gasteiger partial charge in [-0.05, 0) is 54.9 Å². The molecule has 23 heavy (non-hydrogen) atoms. The zero-order valence-corrected chi connectivity index (χ0v) is 15.9. The summed E-state index contributed by atoms with van der Waals surface area (Å²) in [6.07, 6.45) is 3.28. The first-order valence-corrected chi connectivity index (χ1v) is 10.2. The Bertz CT molecular complexity index is 557. The third kappa shape index (κ3) is 4.59. The van der Waals surface area contributed by atoms with Crippen LogP contribution in [0, 0.1) is 17.8 Å². The molecular formula is C18H31N2O2P. The first-order valence-electron chi connectivity index (χ1n) is 8.55. The number of nitrogens with zero attached hydrogens (tertiary/aromatic N) is 1. The summed E-state index contributed by atoms with van der Waals surface area (Å²) in [5.41, 5.74) is 7.18. The summed E-state index contributed by atoms with van der Waals surface area (Å²) in [6, 6.07) is 7.52. The zero-order valence-electron chi connectivity index (χ0n) is 15.0. The molecular weight excluding hydrogens is 307 g/mol. The second kappa shape index (κ2) is 7.38. The van der Waals surface area contributed by atoms with E-state index in [1.54, 1.807) is 0 Å². The molecule has 130 valence electrons. The fraction of sp³-hybridized carbons (Fsp3) is 0.667. The highest BCUT2D eigenvalue weighted by molar-refractivity contribution is 7.64. The van der Waals surface area contributed by atoms with Crippen molar-refractivity contribution in [3.8, 4) is 0 Å². The highest BCUT2D eigenvalue weighted by Gasteiger charge is 2.36. The van der Waals surface area contributed by atoms with Crippen LogP contribution in [0.5, 0.6) is 0 Å². The quantitative estimate of drug-likeness (QED) is 0.824. The van der Waals surface area contributed by atoms with Gasteiger partial charge in [0.15, 0.2) is 0 Å². The van der Waals surface area contributed by atoms with Gasteiger partial charge < -0.3 is 9.42 Å². The van der Waals surface area contributed by atoms with Gasteiger partial charge in [0, 0.05) is 19.8 Å². The van der Waals surface area contributed by atoms with Crippen LogP contribution < -0.4 is 15.7 Å². The van der Waals surface area contributed by atoms with Gasteiger partial charge >= 0.3 is 0 Å². The molecule has 1 aromatic rings. The summed E-state index contributed by atoms with van der Waals surface area (Å²) < 4.78 is 19.0. The molecule has 0 heterocycles. The van der Waals surface area contributed by atoms with E-state index < -0.39 is 7.52 Å². The van der Waals surface area contributed by atoms with E-state index in [9.17, 15) is 4.57 Å². The lowest BCUT2D eigenvalue weighted by molar-refractivity contribution is 0.0498. The van der Waals surface area contributed by atoms with Crippen molar-refractivity contribution in [3.63, 3.8) is 0 Å². The molecule has 2 rings (SSSR count). The Kier molecular flexibility index (Phi) is 5.94. The van der Waals surface area contributed by atoms with Crippen molar-refractivity contribution < 1.29 is 9.09 Å². The molecule has 0 amide bonds. The van der Waals surface area contributed by atoms with E-state index in [1.807, 2.05) is 43.3 Å². The molecule has 2 N–H and O–H groups in total. The molecule has 0 radical (unpaired) electrons. The number of hydrogen-bond acceptors (Lipinski definition) is 3. The van der Waals surface area contributed by atoms with Crippen LogP contribution in [0.2, 0.25) is 0 Å². The summed E-state index contributed by atoms with van der Waals surface area (Å²) >= 11 is 0. The minimum absolute atomic E-state index is 0.0110. The maximum atomic E-state index is 13.0. The van der Waals surface area contributed by atoms with Crippen molar-refractivity contribution >= 4 is 18.5 Å². The van der Waals surface area contributed by atoms with E-state index in [0.29, 0.717) is 23.1 Å². The van der Waals surface area contributed by atoms with Crippen LogP contribution in [0.3, 0.4) is 0 Å². The number of benzene rings is 1. The van der Waals surface area contributed by atoms with E-state index in [2.05, 4.69) is 20.8 Å².